The summed E-state index contributed by atoms with van der Waals surface area (Å²) in [6.45, 7) is 7.33. The summed E-state index contributed by atoms with van der Waals surface area (Å²) in [6.07, 6.45) is -0.636. The Morgan fingerprint density at radius 1 is 1.24 bits per heavy atom. The number of tetrazole rings is 1. The lowest BCUT2D eigenvalue weighted by molar-refractivity contribution is 0.0144. The van der Waals surface area contributed by atoms with E-state index in [2.05, 4.69) is 29.3 Å². The van der Waals surface area contributed by atoms with Crippen molar-refractivity contribution in [3.8, 4) is 11.4 Å². The van der Waals surface area contributed by atoms with Crippen LogP contribution < -0.4 is 0 Å². The Hall–Kier alpha value is -1.79. The topological polar surface area (TPSA) is 73.1 Å². The lowest BCUT2D eigenvalue weighted by Gasteiger charge is -2.11. The number of hydrogen-bond acceptors (Lipinski definition) is 5. The fourth-order valence-corrected chi connectivity index (χ4v) is 1.93. The fraction of sp³-hybridized carbons (Fsp3) is 0.533. The van der Waals surface area contributed by atoms with Crippen LogP contribution in [0.2, 0.25) is 0 Å². The smallest absolute Gasteiger partial charge is 0.205 e. The largest absolute Gasteiger partial charge is 0.389 e. The van der Waals surface area contributed by atoms with Crippen molar-refractivity contribution in [2.75, 3.05) is 13.2 Å². The highest BCUT2D eigenvalue weighted by atomic mass is 16.5. The minimum absolute atomic E-state index is 0.275. The number of aliphatic hydroxyl groups excluding tert-OH is 1. The molecule has 6 nitrogen and oxygen atoms in total. The van der Waals surface area contributed by atoms with Crippen molar-refractivity contribution < 1.29 is 9.84 Å². The zero-order valence-electron chi connectivity index (χ0n) is 12.7. The van der Waals surface area contributed by atoms with E-state index in [0.29, 0.717) is 18.3 Å². The minimum atomic E-state index is -0.636. The molecule has 21 heavy (non-hydrogen) atoms. The summed E-state index contributed by atoms with van der Waals surface area (Å²) in [5, 5.41) is 22.2. The molecule has 1 heterocycles. The molecule has 0 aliphatic rings. The molecule has 1 N–H and O–H groups in total. The lowest BCUT2D eigenvalue weighted by Crippen LogP contribution is -2.24. The first-order valence-electron chi connectivity index (χ1n) is 7.16. The quantitative estimate of drug-likeness (QED) is 0.840. The molecule has 1 aromatic carbocycles. The number of aromatic nitrogens is 4. The molecule has 0 saturated heterocycles. The molecule has 6 heteroatoms. The number of benzene rings is 1. The van der Waals surface area contributed by atoms with Crippen molar-refractivity contribution in [1.29, 1.82) is 0 Å². The van der Waals surface area contributed by atoms with Gasteiger partial charge in [-0.3, -0.25) is 0 Å². The zero-order valence-corrected chi connectivity index (χ0v) is 12.7. The van der Waals surface area contributed by atoms with Crippen LogP contribution in [-0.2, 0) is 11.3 Å². The lowest BCUT2D eigenvalue weighted by atomic mass is 10.1. The van der Waals surface area contributed by atoms with Gasteiger partial charge in [0.2, 0.25) is 5.82 Å². The molecule has 0 saturated carbocycles. The van der Waals surface area contributed by atoms with E-state index in [4.69, 9.17) is 4.74 Å². The Morgan fingerprint density at radius 2 is 2.00 bits per heavy atom. The summed E-state index contributed by atoms with van der Waals surface area (Å²) >= 11 is 0. The Morgan fingerprint density at radius 3 is 2.71 bits per heavy atom. The fourth-order valence-electron chi connectivity index (χ4n) is 1.93. The maximum absolute atomic E-state index is 9.90. The van der Waals surface area contributed by atoms with E-state index < -0.39 is 6.10 Å². The molecule has 1 aromatic heterocycles. The monoisotopic (exact) mass is 290 g/mol. The number of aryl methyl sites for hydroxylation is 1. The van der Waals surface area contributed by atoms with Crippen LogP contribution in [0.3, 0.4) is 0 Å². The SMILES string of the molecule is Cc1ccccc1-c1nnn(CC(O)COCC(C)C)n1. The van der Waals surface area contributed by atoms with Gasteiger partial charge in [0, 0.05) is 12.2 Å². The number of nitrogens with zero attached hydrogens (tertiary/aromatic N) is 4. The van der Waals surface area contributed by atoms with Crippen LogP contribution in [0, 0.1) is 12.8 Å². The molecule has 2 rings (SSSR count). The summed E-state index contributed by atoms with van der Waals surface area (Å²) < 4.78 is 5.40. The van der Waals surface area contributed by atoms with E-state index >= 15 is 0 Å². The Labute approximate surface area is 124 Å². The maximum atomic E-state index is 9.90. The summed E-state index contributed by atoms with van der Waals surface area (Å²) in [7, 11) is 0. The van der Waals surface area contributed by atoms with Crippen molar-refractivity contribution in [2.45, 2.75) is 33.4 Å². The zero-order chi connectivity index (χ0) is 15.2. The van der Waals surface area contributed by atoms with Gasteiger partial charge in [0.05, 0.1) is 19.3 Å². The second-order valence-corrected chi connectivity index (χ2v) is 5.57. The molecule has 0 bridgehead atoms. The standard InChI is InChI=1S/C15H22N4O2/c1-11(2)9-21-10-13(20)8-19-17-15(16-18-19)14-7-5-4-6-12(14)3/h4-7,11,13,20H,8-10H2,1-3H3. The van der Waals surface area contributed by atoms with Crippen molar-refractivity contribution in [1.82, 2.24) is 20.2 Å². The van der Waals surface area contributed by atoms with E-state index in [-0.39, 0.29) is 13.2 Å². The molecule has 0 amide bonds. The molecule has 0 radical (unpaired) electrons. The number of aliphatic hydroxyl groups is 1. The predicted molar refractivity (Wildman–Crippen MR) is 79.7 cm³/mol. The summed E-state index contributed by atoms with van der Waals surface area (Å²) in [6, 6.07) is 7.88. The van der Waals surface area contributed by atoms with E-state index in [1.807, 2.05) is 31.2 Å². The van der Waals surface area contributed by atoms with Crippen LogP contribution in [0.25, 0.3) is 11.4 Å². The Balaban J connectivity index is 1.93. The van der Waals surface area contributed by atoms with Gasteiger partial charge in [-0.2, -0.15) is 4.80 Å². The van der Waals surface area contributed by atoms with Crippen LogP contribution in [0.15, 0.2) is 24.3 Å². The average Bonchev–Trinajstić information content (AvgIpc) is 2.87. The van der Waals surface area contributed by atoms with Gasteiger partial charge in [0.25, 0.3) is 0 Å². The van der Waals surface area contributed by atoms with Crippen molar-refractivity contribution in [3.05, 3.63) is 29.8 Å². The van der Waals surface area contributed by atoms with E-state index in [9.17, 15) is 5.11 Å². The van der Waals surface area contributed by atoms with Crippen LogP contribution >= 0.6 is 0 Å². The molecule has 2 aromatic rings. The molecule has 1 atom stereocenters. The summed E-state index contributed by atoms with van der Waals surface area (Å²) in [5.74, 6) is 1.03. The molecular formula is C15H22N4O2. The van der Waals surface area contributed by atoms with E-state index in [1.165, 1.54) is 4.80 Å². The third-order valence-electron chi connectivity index (χ3n) is 2.97. The van der Waals surface area contributed by atoms with Crippen molar-refractivity contribution in [3.63, 3.8) is 0 Å². The van der Waals surface area contributed by atoms with Gasteiger partial charge in [-0.1, -0.05) is 38.1 Å². The molecule has 0 aliphatic carbocycles. The van der Waals surface area contributed by atoms with Gasteiger partial charge in [-0.15, -0.1) is 10.2 Å². The van der Waals surface area contributed by atoms with E-state index in [1.54, 1.807) is 0 Å². The van der Waals surface area contributed by atoms with Gasteiger partial charge < -0.3 is 9.84 Å². The molecule has 0 spiro atoms. The molecule has 114 valence electrons. The first kappa shape index (κ1) is 15.6. The van der Waals surface area contributed by atoms with Gasteiger partial charge >= 0.3 is 0 Å². The van der Waals surface area contributed by atoms with Gasteiger partial charge in [-0.25, -0.2) is 0 Å². The Bertz CT molecular complexity index is 568. The molecular weight excluding hydrogens is 268 g/mol. The minimum Gasteiger partial charge on any atom is -0.389 e. The van der Waals surface area contributed by atoms with Gasteiger partial charge in [-0.05, 0) is 23.6 Å². The van der Waals surface area contributed by atoms with Crippen molar-refractivity contribution in [2.24, 2.45) is 5.92 Å². The second kappa shape index (κ2) is 7.28. The normalized spacial score (nSPS) is 12.8. The molecule has 1 unspecified atom stereocenters. The molecule has 0 fully saturated rings. The van der Waals surface area contributed by atoms with Crippen LogP contribution in [-0.4, -0.2) is 44.6 Å². The highest BCUT2D eigenvalue weighted by Gasteiger charge is 2.11. The summed E-state index contributed by atoms with van der Waals surface area (Å²) in [4.78, 5) is 1.41. The van der Waals surface area contributed by atoms with Crippen LogP contribution in [0.4, 0.5) is 0 Å². The van der Waals surface area contributed by atoms with Crippen LogP contribution in [0.1, 0.15) is 19.4 Å². The van der Waals surface area contributed by atoms with Crippen molar-refractivity contribution >= 4 is 0 Å². The van der Waals surface area contributed by atoms with Crippen LogP contribution in [0.5, 0.6) is 0 Å². The van der Waals surface area contributed by atoms with E-state index in [0.717, 1.165) is 11.1 Å². The molecule has 0 aliphatic heterocycles. The second-order valence-electron chi connectivity index (χ2n) is 5.57. The highest BCUT2D eigenvalue weighted by molar-refractivity contribution is 5.58. The first-order chi connectivity index (χ1) is 10.1. The summed E-state index contributed by atoms with van der Waals surface area (Å²) in [5.41, 5.74) is 2.05. The average molecular weight is 290 g/mol. The maximum Gasteiger partial charge on any atom is 0.205 e. The number of hydrogen-bond donors (Lipinski definition) is 1. The van der Waals surface area contributed by atoms with Gasteiger partial charge in [0.1, 0.15) is 0 Å². The first-order valence-corrected chi connectivity index (χ1v) is 7.16. The third kappa shape index (κ3) is 4.61. The number of ether oxygens (including phenoxy) is 1. The predicted octanol–water partition coefficient (Wildman–Crippen LogP) is 1.68. The van der Waals surface area contributed by atoms with Gasteiger partial charge in [0.15, 0.2) is 0 Å². The number of rotatable bonds is 7. The third-order valence-corrected chi connectivity index (χ3v) is 2.97. The Kier molecular flexibility index (Phi) is 5.41. The highest BCUT2D eigenvalue weighted by Crippen LogP contribution is 2.17.